The molecule has 3 heterocycles. The third-order valence-electron chi connectivity index (χ3n) is 5.68. The van der Waals surface area contributed by atoms with Gasteiger partial charge in [0.05, 0.1) is 11.0 Å². The van der Waals surface area contributed by atoms with E-state index in [1.165, 1.54) is 0 Å². The van der Waals surface area contributed by atoms with Crippen LogP contribution in [0.4, 0.5) is 4.79 Å². The first-order valence-electron chi connectivity index (χ1n) is 8.20. The van der Waals surface area contributed by atoms with Crippen molar-refractivity contribution < 1.29 is 9.59 Å². The number of urea groups is 1. The van der Waals surface area contributed by atoms with Crippen LogP contribution in [0.25, 0.3) is 0 Å². The maximum absolute atomic E-state index is 13.1. The summed E-state index contributed by atoms with van der Waals surface area (Å²) in [5.74, 6) is 0.189. The van der Waals surface area contributed by atoms with Gasteiger partial charge in [0.1, 0.15) is 0 Å². The molecule has 1 aromatic carbocycles. The highest BCUT2D eigenvalue weighted by Gasteiger charge is 2.57. The lowest BCUT2D eigenvalue weighted by Gasteiger charge is -2.54. The highest BCUT2D eigenvalue weighted by Crippen LogP contribution is 2.37. The Hall–Kier alpha value is -1.79. The summed E-state index contributed by atoms with van der Waals surface area (Å²) < 4.78 is 0. The number of nitrogens with zero attached hydrogens (tertiary/aromatic N) is 2. The molecule has 1 spiro atoms. The smallest absolute Gasteiger partial charge is 0.317 e. The van der Waals surface area contributed by atoms with Gasteiger partial charge < -0.3 is 20.4 Å². The van der Waals surface area contributed by atoms with Crippen LogP contribution in [-0.2, 0) is 11.2 Å². The van der Waals surface area contributed by atoms with Crippen LogP contribution in [0.15, 0.2) is 24.3 Å². The zero-order valence-corrected chi connectivity index (χ0v) is 14.4. The number of carbonyl (C=O) groups is 2. The second kappa shape index (κ2) is 5.36. The van der Waals surface area contributed by atoms with Crippen molar-refractivity contribution in [2.45, 2.75) is 12.0 Å². The molecule has 0 saturated carbocycles. The van der Waals surface area contributed by atoms with Crippen molar-refractivity contribution in [1.82, 2.24) is 20.4 Å². The van der Waals surface area contributed by atoms with Crippen molar-refractivity contribution in [3.8, 4) is 0 Å². The maximum Gasteiger partial charge on any atom is 0.317 e. The number of amides is 3. The average molecular weight is 349 g/mol. The quantitative estimate of drug-likeness (QED) is 0.845. The number of carbonyl (C=O) groups excluding carboxylic acids is 2. The molecule has 24 heavy (non-hydrogen) atoms. The minimum absolute atomic E-state index is 0.0525. The monoisotopic (exact) mass is 348 g/mol. The zero-order chi connectivity index (χ0) is 16.9. The van der Waals surface area contributed by atoms with Gasteiger partial charge in [0.15, 0.2) is 0 Å². The molecule has 6 nitrogen and oxygen atoms in total. The summed E-state index contributed by atoms with van der Waals surface area (Å²) in [7, 11) is 1.80. The summed E-state index contributed by atoms with van der Waals surface area (Å²) in [6.45, 7) is 3.25. The van der Waals surface area contributed by atoms with Crippen LogP contribution in [-0.4, -0.2) is 67.0 Å². The fraction of sp³-hybridized carbons (Fsp3) is 0.529. The summed E-state index contributed by atoms with van der Waals surface area (Å²) in [4.78, 5) is 28.4. The van der Waals surface area contributed by atoms with Gasteiger partial charge in [-0.05, 0) is 24.1 Å². The zero-order valence-electron chi connectivity index (χ0n) is 13.6. The molecule has 1 aromatic rings. The second-order valence-electron chi connectivity index (χ2n) is 7.29. The lowest BCUT2D eigenvalue weighted by atomic mass is 9.73. The Morgan fingerprint density at radius 3 is 2.38 bits per heavy atom. The minimum atomic E-state index is -0.371. The number of benzene rings is 1. The second-order valence-corrected chi connectivity index (χ2v) is 7.73. The molecule has 3 aliphatic rings. The van der Waals surface area contributed by atoms with Crippen LogP contribution >= 0.6 is 11.6 Å². The number of hydrogen-bond acceptors (Lipinski definition) is 3. The Balaban J connectivity index is 1.45. The molecule has 128 valence electrons. The Bertz CT molecular complexity index is 680. The number of halogens is 1. The number of hydrogen-bond donors (Lipinski definition) is 2. The molecule has 3 fully saturated rings. The fourth-order valence-corrected chi connectivity index (χ4v) is 4.06. The van der Waals surface area contributed by atoms with E-state index in [0.29, 0.717) is 44.2 Å². The molecular formula is C17H21ClN4O2. The molecule has 3 saturated heterocycles. The van der Waals surface area contributed by atoms with E-state index >= 15 is 0 Å². The van der Waals surface area contributed by atoms with Crippen LogP contribution in [0.1, 0.15) is 5.56 Å². The third kappa shape index (κ3) is 2.28. The Kier molecular flexibility index (Phi) is 3.51. The topological polar surface area (TPSA) is 64.7 Å². The van der Waals surface area contributed by atoms with Gasteiger partial charge in [0, 0.05) is 44.8 Å². The first-order valence-corrected chi connectivity index (χ1v) is 8.58. The summed E-state index contributed by atoms with van der Waals surface area (Å²) in [5, 5.41) is 6.81. The van der Waals surface area contributed by atoms with Gasteiger partial charge in [0.25, 0.3) is 0 Å². The van der Waals surface area contributed by atoms with Crippen molar-refractivity contribution >= 4 is 23.5 Å². The van der Waals surface area contributed by atoms with E-state index in [9.17, 15) is 9.59 Å². The largest absolute Gasteiger partial charge is 0.337 e. The SMILES string of the molecule is CN1C(=O)NCC12CN(C(=O)C1(Cc3ccc(Cl)cc3)CNC1)C2. The van der Waals surface area contributed by atoms with Crippen molar-refractivity contribution in [3.63, 3.8) is 0 Å². The van der Waals surface area contributed by atoms with Crippen molar-refractivity contribution in [1.29, 1.82) is 0 Å². The first kappa shape index (κ1) is 15.7. The molecule has 2 N–H and O–H groups in total. The minimum Gasteiger partial charge on any atom is -0.337 e. The van der Waals surface area contributed by atoms with Crippen LogP contribution < -0.4 is 10.6 Å². The van der Waals surface area contributed by atoms with Crippen LogP contribution in [0.2, 0.25) is 5.02 Å². The summed E-state index contributed by atoms with van der Waals surface area (Å²) in [6.07, 6.45) is 0.715. The standard InChI is InChI=1S/C17H21ClN4O2/c1-21-15(24)20-9-17(21)10-22(11-17)14(23)16(7-19-8-16)6-12-2-4-13(18)5-3-12/h2-5,19H,6-11H2,1H3,(H,20,24). The Morgan fingerprint density at radius 2 is 1.88 bits per heavy atom. The van der Waals surface area contributed by atoms with Crippen molar-refractivity contribution in [3.05, 3.63) is 34.9 Å². The lowest BCUT2D eigenvalue weighted by Crippen LogP contribution is -2.74. The summed E-state index contributed by atoms with van der Waals surface area (Å²) in [5.41, 5.74) is 0.537. The molecule has 0 atom stereocenters. The predicted octanol–water partition coefficient (Wildman–Crippen LogP) is 0.708. The first-order chi connectivity index (χ1) is 11.4. The molecule has 0 bridgehead atoms. The number of rotatable bonds is 3. The van der Waals surface area contributed by atoms with Gasteiger partial charge in [-0.2, -0.15) is 0 Å². The van der Waals surface area contributed by atoms with Gasteiger partial charge in [-0.1, -0.05) is 23.7 Å². The molecular weight excluding hydrogens is 328 g/mol. The van der Waals surface area contributed by atoms with E-state index in [0.717, 1.165) is 5.56 Å². The number of likely N-dealkylation sites (tertiary alicyclic amines) is 1. The maximum atomic E-state index is 13.1. The highest BCUT2D eigenvalue weighted by molar-refractivity contribution is 6.30. The van der Waals surface area contributed by atoms with Crippen LogP contribution in [0, 0.1) is 5.41 Å². The van der Waals surface area contributed by atoms with Gasteiger partial charge >= 0.3 is 6.03 Å². The molecule has 0 radical (unpaired) electrons. The summed E-state index contributed by atoms with van der Waals surface area (Å²) >= 11 is 5.94. The number of nitrogens with one attached hydrogen (secondary N) is 2. The van der Waals surface area contributed by atoms with E-state index < -0.39 is 0 Å². The van der Waals surface area contributed by atoms with Crippen molar-refractivity contribution in [2.24, 2.45) is 5.41 Å². The summed E-state index contributed by atoms with van der Waals surface area (Å²) in [6, 6.07) is 7.65. The Morgan fingerprint density at radius 1 is 1.21 bits per heavy atom. The van der Waals surface area contributed by atoms with E-state index in [1.54, 1.807) is 11.9 Å². The Labute approximate surface area is 146 Å². The lowest BCUT2D eigenvalue weighted by molar-refractivity contribution is -0.156. The number of likely N-dealkylation sites (N-methyl/N-ethyl adjacent to an activating group) is 1. The molecule has 0 aromatic heterocycles. The normalized spacial score (nSPS) is 23.7. The van der Waals surface area contributed by atoms with Gasteiger partial charge in [-0.25, -0.2) is 4.79 Å². The fourth-order valence-electron chi connectivity index (χ4n) is 3.93. The van der Waals surface area contributed by atoms with E-state index in [2.05, 4.69) is 10.6 Å². The van der Waals surface area contributed by atoms with Gasteiger partial charge in [-0.3, -0.25) is 4.79 Å². The van der Waals surface area contributed by atoms with E-state index in [-0.39, 0.29) is 22.9 Å². The molecule has 0 unspecified atom stereocenters. The van der Waals surface area contributed by atoms with Gasteiger partial charge in [-0.15, -0.1) is 0 Å². The average Bonchev–Trinajstić information content (AvgIpc) is 2.79. The van der Waals surface area contributed by atoms with Crippen LogP contribution in [0.3, 0.4) is 0 Å². The van der Waals surface area contributed by atoms with E-state index in [4.69, 9.17) is 11.6 Å². The molecule has 3 amide bonds. The van der Waals surface area contributed by atoms with E-state index in [1.807, 2.05) is 29.2 Å². The van der Waals surface area contributed by atoms with Crippen LogP contribution in [0.5, 0.6) is 0 Å². The molecule has 0 aliphatic carbocycles. The third-order valence-corrected chi connectivity index (χ3v) is 5.93. The highest BCUT2D eigenvalue weighted by atomic mass is 35.5. The van der Waals surface area contributed by atoms with Gasteiger partial charge in [0.2, 0.25) is 5.91 Å². The molecule has 3 aliphatic heterocycles. The van der Waals surface area contributed by atoms with Crippen molar-refractivity contribution in [2.75, 3.05) is 39.8 Å². The molecule has 4 rings (SSSR count). The predicted molar refractivity (Wildman–Crippen MR) is 90.9 cm³/mol. The molecule has 7 heteroatoms.